The van der Waals surface area contributed by atoms with Gasteiger partial charge in [-0.3, -0.25) is 0 Å². The zero-order valence-electron chi connectivity index (χ0n) is 11.6. The highest BCUT2D eigenvalue weighted by Gasteiger charge is 2.46. The fraction of sp³-hybridized carbons (Fsp3) is 0.769. The molecule has 0 bridgehead atoms. The summed E-state index contributed by atoms with van der Waals surface area (Å²) in [6.45, 7) is 1.51. The molecule has 1 aromatic heterocycles. The summed E-state index contributed by atoms with van der Waals surface area (Å²) in [5.41, 5.74) is 5.85. The highest BCUT2D eigenvalue weighted by atomic mass is 32.2. The van der Waals surface area contributed by atoms with Gasteiger partial charge in [0.2, 0.25) is 0 Å². The van der Waals surface area contributed by atoms with E-state index in [0.717, 1.165) is 32.2 Å². The summed E-state index contributed by atoms with van der Waals surface area (Å²) in [6, 6.07) is 0. The Labute approximate surface area is 128 Å². The Morgan fingerprint density at radius 1 is 1.24 bits per heavy atom. The van der Waals surface area contributed by atoms with E-state index in [4.69, 9.17) is 5.73 Å². The third-order valence-corrected chi connectivity index (χ3v) is 8.38. The molecule has 116 valence electrons. The van der Waals surface area contributed by atoms with Crippen LogP contribution in [0.5, 0.6) is 0 Å². The topological polar surface area (TPSA) is 96.5 Å². The summed E-state index contributed by atoms with van der Waals surface area (Å²) in [5.74, 6) is 0.851. The van der Waals surface area contributed by atoms with Crippen LogP contribution in [-0.4, -0.2) is 42.3 Å². The van der Waals surface area contributed by atoms with Crippen molar-refractivity contribution in [3.63, 3.8) is 0 Å². The number of hydrogen-bond donors (Lipinski definition) is 2. The van der Waals surface area contributed by atoms with Crippen LogP contribution in [0.25, 0.3) is 0 Å². The van der Waals surface area contributed by atoms with Crippen LogP contribution >= 0.6 is 11.5 Å². The van der Waals surface area contributed by atoms with Gasteiger partial charge < -0.3 is 15.7 Å². The number of nitrogens with two attached hydrogens (primary N) is 1. The average Bonchev–Trinajstić information content (AvgIpc) is 2.98. The first-order chi connectivity index (χ1) is 9.98. The summed E-state index contributed by atoms with van der Waals surface area (Å²) in [5, 5.41) is 10.4. The second-order valence-corrected chi connectivity index (χ2v) is 9.34. The summed E-state index contributed by atoms with van der Waals surface area (Å²) in [6.07, 6.45) is 3.07. The Morgan fingerprint density at radius 3 is 2.67 bits per heavy atom. The number of anilines is 2. The van der Waals surface area contributed by atoms with Gasteiger partial charge in [0.25, 0.3) is 0 Å². The average molecular weight is 329 g/mol. The van der Waals surface area contributed by atoms with E-state index in [1.165, 1.54) is 11.5 Å². The molecule has 21 heavy (non-hydrogen) atoms. The fourth-order valence-electron chi connectivity index (χ4n) is 3.70. The maximum Gasteiger partial charge on any atom is 0.187 e. The number of fused-ring (bicyclic) bond motifs is 1. The van der Waals surface area contributed by atoms with Crippen LogP contribution < -0.4 is 10.6 Å². The second-order valence-electron chi connectivity index (χ2n) is 6.42. The molecule has 8 heteroatoms. The molecule has 2 saturated carbocycles. The van der Waals surface area contributed by atoms with Crippen LogP contribution in [0.2, 0.25) is 0 Å². The third kappa shape index (κ3) is 2.07. The Kier molecular flexibility index (Phi) is 3.00. The van der Waals surface area contributed by atoms with Gasteiger partial charge in [0.05, 0.1) is 11.4 Å². The van der Waals surface area contributed by atoms with E-state index >= 15 is 0 Å². The highest BCUT2D eigenvalue weighted by Crippen LogP contribution is 2.46. The van der Waals surface area contributed by atoms with Crippen molar-refractivity contribution < 1.29 is 13.5 Å². The van der Waals surface area contributed by atoms with E-state index in [1.807, 2.05) is 0 Å². The summed E-state index contributed by atoms with van der Waals surface area (Å²) in [4.78, 5) is 2.31. The lowest BCUT2D eigenvalue weighted by molar-refractivity contribution is 0.133. The van der Waals surface area contributed by atoms with Crippen LogP contribution in [0, 0.1) is 11.8 Å². The van der Waals surface area contributed by atoms with Crippen molar-refractivity contribution in [1.82, 2.24) is 4.37 Å². The molecule has 2 aliphatic carbocycles. The molecule has 3 fully saturated rings. The van der Waals surface area contributed by atoms with Crippen molar-refractivity contribution in [3.05, 3.63) is 0 Å². The summed E-state index contributed by atoms with van der Waals surface area (Å²) in [7, 11) is -3.34. The Morgan fingerprint density at radius 2 is 2.00 bits per heavy atom. The molecular weight excluding hydrogens is 310 g/mol. The Balaban J connectivity index is 1.68. The van der Waals surface area contributed by atoms with Crippen molar-refractivity contribution in [3.8, 4) is 0 Å². The first kappa shape index (κ1) is 13.8. The van der Waals surface area contributed by atoms with Crippen molar-refractivity contribution in [2.45, 2.75) is 41.9 Å². The summed E-state index contributed by atoms with van der Waals surface area (Å²) < 4.78 is 29.2. The molecule has 1 aromatic rings. The van der Waals surface area contributed by atoms with Gasteiger partial charge in [-0.25, -0.2) is 8.42 Å². The molecule has 0 amide bonds. The predicted molar refractivity (Wildman–Crippen MR) is 81.2 cm³/mol. The standard InChI is InChI=1S/C13H19N3O3S2/c14-12-11(21(18,19)8-2-3-8)13(20-15-12)16-5-7-1-4-10(17)9(7)6-16/h7-10,17H,1-6H2,(H2,14,15). The molecule has 3 N–H and O–H groups in total. The number of nitrogen functional groups attached to an aromatic ring is 1. The Bertz CT molecular complexity index is 668. The molecule has 0 radical (unpaired) electrons. The maximum absolute atomic E-state index is 12.6. The second kappa shape index (κ2) is 4.57. The van der Waals surface area contributed by atoms with E-state index in [0.29, 0.717) is 17.5 Å². The van der Waals surface area contributed by atoms with Gasteiger partial charge in [0.1, 0.15) is 9.90 Å². The monoisotopic (exact) mass is 329 g/mol. The number of aliphatic hydroxyl groups excluding tert-OH is 1. The molecule has 1 saturated heterocycles. The lowest BCUT2D eigenvalue weighted by Crippen LogP contribution is -2.25. The number of aliphatic hydroxyl groups is 1. The number of rotatable bonds is 3. The van der Waals surface area contributed by atoms with Gasteiger partial charge in [-0.15, -0.1) is 0 Å². The van der Waals surface area contributed by atoms with Crippen LogP contribution in [-0.2, 0) is 9.84 Å². The van der Waals surface area contributed by atoms with E-state index in [1.54, 1.807) is 0 Å². The largest absolute Gasteiger partial charge is 0.393 e. The van der Waals surface area contributed by atoms with Gasteiger partial charge in [-0.2, -0.15) is 4.37 Å². The van der Waals surface area contributed by atoms with Crippen LogP contribution in [0.4, 0.5) is 10.8 Å². The minimum absolute atomic E-state index is 0.138. The van der Waals surface area contributed by atoms with Crippen molar-refractivity contribution in [2.24, 2.45) is 11.8 Å². The molecule has 3 atom stereocenters. The van der Waals surface area contributed by atoms with Gasteiger partial charge in [-0.1, -0.05) is 0 Å². The van der Waals surface area contributed by atoms with Crippen molar-refractivity contribution >= 4 is 32.2 Å². The molecule has 1 aliphatic heterocycles. The molecule has 6 nitrogen and oxygen atoms in total. The minimum Gasteiger partial charge on any atom is -0.393 e. The predicted octanol–water partition coefficient (Wildman–Crippen LogP) is 0.869. The van der Waals surface area contributed by atoms with Crippen LogP contribution in [0.3, 0.4) is 0 Å². The number of hydrogen-bond acceptors (Lipinski definition) is 7. The number of sulfone groups is 1. The number of aromatic nitrogens is 1. The zero-order chi connectivity index (χ0) is 14.8. The first-order valence-corrected chi connectivity index (χ1v) is 9.72. The van der Waals surface area contributed by atoms with Crippen LogP contribution in [0.1, 0.15) is 25.7 Å². The van der Waals surface area contributed by atoms with Gasteiger partial charge in [0.15, 0.2) is 15.7 Å². The molecule has 2 heterocycles. The van der Waals surface area contributed by atoms with Gasteiger partial charge in [0, 0.05) is 19.0 Å². The van der Waals surface area contributed by atoms with E-state index in [2.05, 4.69) is 9.27 Å². The molecule has 4 rings (SSSR count). The number of nitrogens with zero attached hydrogens (tertiary/aromatic N) is 2. The van der Waals surface area contributed by atoms with Gasteiger partial charge in [-0.05, 0) is 43.1 Å². The Hall–Kier alpha value is -0.860. The molecule has 0 spiro atoms. The molecule has 3 unspecified atom stereocenters. The maximum atomic E-state index is 12.6. The van der Waals surface area contributed by atoms with E-state index < -0.39 is 9.84 Å². The smallest absolute Gasteiger partial charge is 0.187 e. The first-order valence-electron chi connectivity index (χ1n) is 7.40. The van der Waals surface area contributed by atoms with Crippen LogP contribution in [0.15, 0.2) is 4.90 Å². The summed E-state index contributed by atoms with van der Waals surface area (Å²) >= 11 is 1.18. The highest BCUT2D eigenvalue weighted by molar-refractivity contribution is 7.92. The quantitative estimate of drug-likeness (QED) is 0.854. The van der Waals surface area contributed by atoms with Gasteiger partial charge >= 0.3 is 0 Å². The zero-order valence-corrected chi connectivity index (χ0v) is 13.2. The lowest BCUT2D eigenvalue weighted by atomic mass is 10.00. The normalized spacial score (nSPS) is 32.6. The van der Waals surface area contributed by atoms with E-state index in [-0.39, 0.29) is 28.0 Å². The SMILES string of the molecule is Nc1nsc(N2CC3CCC(O)C3C2)c1S(=O)(=O)C1CC1. The molecule has 3 aliphatic rings. The fourth-order valence-corrected chi connectivity index (χ4v) is 6.75. The van der Waals surface area contributed by atoms with Crippen molar-refractivity contribution in [1.29, 1.82) is 0 Å². The van der Waals surface area contributed by atoms with E-state index in [9.17, 15) is 13.5 Å². The molecule has 0 aromatic carbocycles. The lowest BCUT2D eigenvalue weighted by Gasteiger charge is -2.19. The van der Waals surface area contributed by atoms with Crippen molar-refractivity contribution in [2.75, 3.05) is 23.7 Å². The minimum atomic E-state index is -3.34. The third-order valence-electron chi connectivity index (χ3n) is 5.01. The molecular formula is C13H19N3O3S2.